The summed E-state index contributed by atoms with van der Waals surface area (Å²) < 4.78 is 3.69. The second-order valence-electron chi connectivity index (χ2n) is 12.2. The van der Waals surface area contributed by atoms with Crippen molar-refractivity contribution in [2.75, 3.05) is 0 Å². The zero-order valence-electron chi connectivity index (χ0n) is 26.6. The maximum Gasteiger partial charge on any atom is 0.164 e. The molecule has 0 aliphatic carbocycles. The lowest BCUT2D eigenvalue weighted by Crippen LogP contribution is -2.00. The van der Waals surface area contributed by atoms with E-state index in [0.29, 0.717) is 17.5 Å². The van der Waals surface area contributed by atoms with Gasteiger partial charge in [-0.25, -0.2) is 19.9 Å². The Bertz CT molecular complexity index is 2800. The highest BCUT2D eigenvalue weighted by atomic mass is 32.1. The van der Waals surface area contributed by atoms with Gasteiger partial charge in [-0.1, -0.05) is 133 Å². The van der Waals surface area contributed by atoms with Crippen LogP contribution in [0.15, 0.2) is 158 Å². The Balaban J connectivity index is 1.29. The molecular formula is C44H26N4S2. The highest BCUT2D eigenvalue weighted by molar-refractivity contribution is 7.27. The molecule has 0 radical (unpaired) electrons. The zero-order chi connectivity index (χ0) is 33.0. The molecule has 0 N–H and O–H groups in total. The summed E-state index contributed by atoms with van der Waals surface area (Å²) in [6.07, 6.45) is 0. The maximum atomic E-state index is 5.37. The van der Waals surface area contributed by atoms with E-state index in [2.05, 4.69) is 97.1 Å². The average Bonchev–Trinajstić information content (AvgIpc) is 3.79. The lowest BCUT2D eigenvalue weighted by Gasteiger charge is -2.14. The molecule has 3 heterocycles. The molecule has 3 aromatic heterocycles. The summed E-state index contributed by atoms with van der Waals surface area (Å²) in [5, 5.41) is 5.69. The predicted molar refractivity (Wildman–Crippen MR) is 211 cm³/mol. The van der Waals surface area contributed by atoms with E-state index in [0.717, 1.165) is 54.7 Å². The van der Waals surface area contributed by atoms with Crippen molar-refractivity contribution in [1.29, 1.82) is 0 Å². The molecule has 10 rings (SSSR count). The Hall–Kier alpha value is -6.08. The Morgan fingerprint density at radius 1 is 0.380 bits per heavy atom. The van der Waals surface area contributed by atoms with Gasteiger partial charge >= 0.3 is 0 Å². The largest absolute Gasteiger partial charge is 0.235 e. The Morgan fingerprint density at radius 3 is 1.66 bits per heavy atom. The van der Waals surface area contributed by atoms with Crippen LogP contribution in [0.2, 0.25) is 0 Å². The van der Waals surface area contributed by atoms with E-state index in [4.69, 9.17) is 19.9 Å². The molecule has 0 saturated heterocycles. The molecule has 6 heteroatoms. The van der Waals surface area contributed by atoms with Crippen LogP contribution >= 0.6 is 22.7 Å². The van der Waals surface area contributed by atoms with Gasteiger partial charge in [0.05, 0.1) is 10.2 Å². The smallest absolute Gasteiger partial charge is 0.164 e. The number of thiazole rings is 1. The molecule has 234 valence electrons. The van der Waals surface area contributed by atoms with Crippen LogP contribution in [-0.4, -0.2) is 19.9 Å². The van der Waals surface area contributed by atoms with Crippen LogP contribution in [-0.2, 0) is 0 Å². The molecule has 0 atom stereocenters. The number of aromatic nitrogens is 4. The Labute approximate surface area is 296 Å². The van der Waals surface area contributed by atoms with E-state index in [1.165, 1.54) is 24.9 Å². The van der Waals surface area contributed by atoms with Gasteiger partial charge < -0.3 is 0 Å². The van der Waals surface area contributed by atoms with E-state index in [1.807, 2.05) is 72.0 Å². The molecule has 10 aromatic rings. The van der Waals surface area contributed by atoms with Gasteiger partial charge in [0, 0.05) is 48.0 Å². The minimum Gasteiger partial charge on any atom is -0.235 e. The third-order valence-corrected chi connectivity index (χ3v) is 11.3. The van der Waals surface area contributed by atoms with Crippen LogP contribution in [0.1, 0.15) is 0 Å². The van der Waals surface area contributed by atoms with Crippen LogP contribution in [0.5, 0.6) is 0 Å². The van der Waals surface area contributed by atoms with Gasteiger partial charge in [-0.05, 0) is 40.6 Å². The molecule has 7 aromatic carbocycles. The van der Waals surface area contributed by atoms with E-state index in [1.54, 1.807) is 11.3 Å². The summed E-state index contributed by atoms with van der Waals surface area (Å²) in [5.74, 6) is 1.92. The van der Waals surface area contributed by atoms with E-state index < -0.39 is 0 Å². The average molecular weight is 675 g/mol. The molecule has 0 fully saturated rings. The molecule has 0 spiro atoms. The highest BCUT2D eigenvalue weighted by Gasteiger charge is 2.22. The molecule has 0 unspecified atom stereocenters. The van der Waals surface area contributed by atoms with Crippen molar-refractivity contribution in [3.8, 4) is 55.9 Å². The maximum absolute atomic E-state index is 5.37. The summed E-state index contributed by atoms with van der Waals surface area (Å²) in [7, 11) is 0. The summed E-state index contributed by atoms with van der Waals surface area (Å²) >= 11 is 3.59. The number of benzene rings is 7. The molecule has 0 amide bonds. The predicted octanol–water partition coefficient (Wildman–Crippen LogP) is 12.3. The molecule has 50 heavy (non-hydrogen) atoms. The summed E-state index contributed by atoms with van der Waals surface area (Å²) in [5.41, 5.74) is 7.21. The molecule has 4 nitrogen and oxygen atoms in total. The first-order valence-electron chi connectivity index (χ1n) is 16.5. The van der Waals surface area contributed by atoms with Gasteiger partial charge in [-0.15, -0.1) is 22.7 Å². The van der Waals surface area contributed by atoms with Crippen molar-refractivity contribution in [2.24, 2.45) is 0 Å². The van der Waals surface area contributed by atoms with Gasteiger partial charge in [0.1, 0.15) is 5.01 Å². The number of rotatable bonds is 5. The number of hydrogen-bond donors (Lipinski definition) is 0. The number of thiophene rings is 1. The number of hydrogen-bond acceptors (Lipinski definition) is 6. The topological polar surface area (TPSA) is 51.6 Å². The normalized spacial score (nSPS) is 11.6. The fourth-order valence-corrected chi connectivity index (χ4v) is 9.07. The van der Waals surface area contributed by atoms with Crippen molar-refractivity contribution < 1.29 is 0 Å². The summed E-state index contributed by atoms with van der Waals surface area (Å²) in [4.78, 5) is 20.7. The first-order chi connectivity index (χ1) is 24.8. The van der Waals surface area contributed by atoms with E-state index >= 15 is 0 Å². The van der Waals surface area contributed by atoms with Crippen molar-refractivity contribution in [1.82, 2.24) is 19.9 Å². The fourth-order valence-electron chi connectivity index (χ4n) is 6.82. The quantitative estimate of drug-likeness (QED) is 0.182. The van der Waals surface area contributed by atoms with Crippen LogP contribution in [0.4, 0.5) is 0 Å². The number of nitrogens with zero attached hydrogens (tertiary/aromatic N) is 4. The van der Waals surface area contributed by atoms with Crippen LogP contribution in [0.25, 0.3) is 97.0 Å². The number of fused-ring (bicyclic) bond motifs is 5. The van der Waals surface area contributed by atoms with Crippen molar-refractivity contribution in [3.63, 3.8) is 0 Å². The molecule has 0 saturated carbocycles. The molecular weight excluding hydrogens is 649 g/mol. The third-order valence-electron chi connectivity index (χ3n) is 9.14. The summed E-state index contributed by atoms with van der Waals surface area (Å²) in [6, 6.07) is 54.9. The standard InChI is InChI=1S/C44H26N4S2/c1-4-14-27(15-5-1)41-46-42(28-16-6-2-7-17-28)48-43(47-41)34-25-31(24-30-20-10-11-21-32(30)34)38-39-33-22-12-13-23-35(33)49-36(39)26-37-40(38)45-44(50-37)29-18-8-3-9-19-29/h1-26H. The van der Waals surface area contributed by atoms with E-state index in [9.17, 15) is 0 Å². The zero-order valence-corrected chi connectivity index (χ0v) is 28.2. The Kier molecular flexibility index (Phi) is 6.82. The first-order valence-corrected chi connectivity index (χ1v) is 18.1. The van der Waals surface area contributed by atoms with Gasteiger partial charge in [0.25, 0.3) is 0 Å². The van der Waals surface area contributed by atoms with Crippen LogP contribution in [0, 0.1) is 0 Å². The van der Waals surface area contributed by atoms with Gasteiger partial charge in [0.15, 0.2) is 17.5 Å². The van der Waals surface area contributed by atoms with Crippen molar-refractivity contribution >= 4 is 63.8 Å². The fraction of sp³-hybridized carbons (Fsp3) is 0. The SMILES string of the molecule is c1ccc(-c2nc(-c3ccccc3)nc(-c3cc(-c4c5nc(-c6ccccc6)sc5cc5sc6ccccc6c45)cc4ccccc34)n2)cc1. The third kappa shape index (κ3) is 4.88. The second kappa shape index (κ2) is 11.8. The highest BCUT2D eigenvalue weighted by Crippen LogP contribution is 2.47. The van der Waals surface area contributed by atoms with Gasteiger partial charge in [-0.2, -0.15) is 0 Å². The second-order valence-corrected chi connectivity index (χ2v) is 14.4. The molecule has 0 bridgehead atoms. The van der Waals surface area contributed by atoms with E-state index in [-0.39, 0.29) is 0 Å². The Morgan fingerprint density at radius 2 is 0.960 bits per heavy atom. The van der Waals surface area contributed by atoms with Crippen molar-refractivity contribution in [3.05, 3.63) is 158 Å². The molecule has 0 aliphatic rings. The van der Waals surface area contributed by atoms with Crippen LogP contribution < -0.4 is 0 Å². The minimum absolute atomic E-state index is 0.637. The lowest BCUT2D eigenvalue weighted by molar-refractivity contribution is 1.08. The monoisotopic (exact) mass is 674 g/mol. The van der Waals surface area contributed by atoms with Gasteiger partial charge in [-0.3, -0.25) is 0 Å². The molecule has 0 aliphatic heterocycles. The van der Waals surface area contributed by atoms with Gasteiger partial charge in [0.2, 0.25) is 0 Å². The van der Waals surface area contributed by atoms with Crippen LogP contribution in [0.3, 0.4) is 0 Å². The van der Waals surface area contributed by atoms with Crippen molar-refractivity contribution in [2.45, 2.75) is 0 Å². The summed E-state index contributed by atoms with van der Waals surface area (Å²) in [6.45, 7) is 0. The lowest BCUT2D eigenvalue weighted by atomic mass is 9.93. The first kappa shape index (κ1) is 28.9. The minimum atomic E-state index is 0.637.